The van der Waals surface area contributed by atoms with E-state index in [9.17, 15) is 0 Å². The van der Waals surface area contributed by atoms with Crippen LogP contribution in [0.15, 0.2) is 12.4 Å². The first kappa shape index (κ1) is 11.7. The van der Waals surface area contributed by atoms with Crippen molar-refractivity contribution in [2.24, 2.45) is 7.05 Å². The fourth-order valence-electron chi connectivity index (χ4n) is 1.58. The van der Waals surface area contributed by atoms with E-state index in [2.05, 4.69) is 22.9 Å². The van der Waals surface area contributed by atoms with Gasteiger partial charge in [-0.05, 0) is 13.0 Å². The number of hydrogen-bond donors (Lipinski definition) is 0. The first-order valence-corrected chi connectivity index (χ1v) is 5.33. The third-order valence-electron chi connectivity index (χ3n) is 2.41. The Morgan fingerprint density at radius 2 is 2.33 bits per heavy atom. The second-order valence-corrected chi connectivity index (χ2v) is 3.64. The van der Waals surface area contributed by atoms with Gasteiger partial charge in [-0.15, -0.1) is 0 Å². The van der Waals surface area contributed by atoms with E-state index in [1.54, 1.807) is 0 Å². The van der Waals surface area contributed by atoms with Gasteiger partial charge in [0.1, 0.15) is 5.82 Å². The van der Waals surface area contributed by atoms with Crippen molar-refractivity contribution >= 4 is 0 Å². The summed E-state index contributed by atoms with van der Waals surface area (Å²) in [6.07, 6.45) is 5.75. The minimum absolute atomic E-state index is 0.512. The molecule has 1 heterocycles. The van der Waals surface area contributed by atoms with Crippen LogP contribution in [0.1, 0.15) is 19.2 Å². The van der Waals surface area contributed by atoms with Crippen molar-refractivity contribution in [2.75, 3.05) is 19.6 Å². The molecule has 0 aliphatic heterocycles. The summed E-state index contributed by atoms with van der Waals surface area (Å²) in [6, 6.07) is 2.20. The Kier molecular flexibility index (Phi) is 4.85. The number of nitriles is 1. The number of hydrogen-bond acceptors (Lipinski definition) is 3. The Bertz CT molecular complexity index is 324. The summed E-state index contributed by atoms with van der Waals surface area (Å²) >= 11 is 0. The summed E-state index contributed by atoms with van der Waals surface area (Å²) in [7, 11) is 2.00. The van der Waals surface area contributed by atoms with Gasteiger partial charge in [0.15, 0.2) is 0 Å². The van der Waals surface area contributed by atoms with Gasteiger partial charge in [-0.3, -0.25) is 4.90 Å². The van der Waals surface area contributed by atoms with E-state index in [0.29, 0.717) is 6.54 Å². The van der Waals surface area contributed by atoms with Crippen LogP contribution in [-0.4, -0.2) is 34.1 Å². The number of nitrogens with zero attached hydrogens (tertiary/aromatic N) is 4. The highest BCUT2D eigenvalue weighted by atomic mass is 15.1. The lowest BCUT2D eigenvalue weighted by Crippen LogP contribution is -2.27. The monoisotopic (exact) mass is 206 g/mol. The molecule has 0 aromatic carbocycles. The van der Waals surface area contributed by atoms with Crippen LogP contribution < -0.4 is 0 Å². The van der Waals surface area contributed by atoms with Gasteiger partial charge in [-0.2, -0.15) is 5.26 Å². The van der Waals surface area contributed by atoms with Crippen LogP contribution in [0.5, 0.6) is 0 Å². The maximum atomic E-state index is 8.66. The van der Waals surface area contributed by atoms with Crippen LogP contribution >= 0.6 is 0 Å². The molecule has 15 heavy (non-hydrogen) atoms. The molecule has 0 saturated carbocycles. The molecule has 0 unspecified atom stereocenters. The van der Waals surface area contributed by atoms with E-state index >= 15 is 0 Å². The average molecular weight is 206 g/mol. The minimum Gasteiger partial charge on any atom is -0.338 e. The van der Waals surface area contributed by atoms with Crippen molar-refractivity contribution in [2.45, 2.75) is 19.8 Å². The third kappa shape index (κ3) is 3.72. The Hall–Kier alpha value is -1.34. The van der Waals surface area contributed by atoms with Gasteiger partial charge >= 0.3 is 0 Å². The lowest BCUT2D eigenvalue weighted by molar-refractivity contribution is 0.307. The largest absolute Gasteiger partial charge is 0.338 e. The molecule has 0 radical (unpaired) electrons. The summed E-state index contributed by atoms with van der Waals surface area (Å²) < 4.78 is 2.02. The van der Waals surface area contributed by atoms with Crippen LogP contribution in [0.25, 0.3) is 0 Å². The first-order valence-electron chi connectivity index (χ1n) is 5.33. The van der Waals surface area contributed by atoms with Gasteiger partial charge in [0.05, 0.1) is 12.6 Å². The SMILES string of the molecule is CCCN(CC#N)CCc1nccn1C. The van der Waals surface area contributed by atoms with E-state index in [-0.39, 0.29) is 0 Å². The zero-order chi connectivity index (χ0) is 11.1. The summed E-state index contributed by atoms with van der Waals surface area (Å²) in [5.41, 5.74) is 0. The van der Waals surface area contributed by atoms with Crippen LogP contribution in [0, 0.1) is 11.3 Å². The highest BCUT2D eigenvalue weighted by Crippen LogP contribution is 1.99. The minimum atomic E-state index is 0.512. The molecule has 0 aliphatic rings. The molecule has 1 aromatic rings. The Labute approximate surface area is 91.1 Å². The van der Waals surface area contributed by atoms with Crippen LogP contribution in [0.3, 0.4) is 0 Å². The summed E-state index contributed by atoms with van der Waals surface area (Å²) in [4.78, 5) is 6.42. The lowest BCUT2D eigenvalue weighted by Gasteiger charge is -2.17. The van der Waals surface area contributed by atoms with E-state index in [0.717, 1.165) is 31.8 Å². The highest BCUT2D eigenvalue weighted by molar-refractivity contribution is 4.92. The van der Waals surface area contributed by atoms with Gasteiger partial charge < -0.3 is 4.57 Å². The quantitative estimate of drug-likeness (QED) is 0.657. The summed E-state index contributed by atoms with van der Waals surface area (Å²) in [6.45, 7) is 4.54. The molecule has 0 aliphatic carbocycles. The Morgan fingerprint density at radius 1 is 1.53 bits per heavy atom. The van der Waals surface area contributed by atoms with Gasteiger partial charge in [0.25, 0.3) is 0 Å². The predicted octanol–water partition coefficient (Wildman–Crippen LogP) is 1.20. The molecule has 0 bridgehead atoms. The molecule has 0 saturated heterocycles. The topological polar surface area (TPSA) is 44.9 Å². The van der Waals surface area contributed by atoms with Gasteiger partial charge in [-0.1, -0.05) is 6.92 Å². The van der Waals surface area contributed by atoms with Gasteiger partial charge in [0, 0.05) is 32.4 Å². The van der Waals surface area contributed by atoms with E-state index in [4.69, 9.17) is 5.26 Å². The lowest BCUT2D eigenvalue weighted by atomic mass is 10.3. The fourth-order valence-corrected chi connectivity index (χ4v) is 1.58. The normalized spacial score (nSPS) is 10.5. The molecular weight excluding hydrogens is 188 g/mol. The van der Waals surface area contributed by atoms with Gasteiger partial charge in [0.2, 0.25) is 0 Å². The number of imidazole rings is 1. The van der Waals surface area contributed by atoms with Crippen molar-refractivity contribution in [3.05, 3.63) is 18.2 Å². The van der Waals surface area contributed by atoms with Crippen LogP contribution in [-0.2, 0) is 13.5 Å². The number of rotatable bonds is 6. The van der Waals surface area contributed by atoms with Crippen LogP contribution in [0.2, 0.25) is 0 Å². The second kappa shape index (κ2) is 6.20. The molecule has 1 rings (SSSR count). The Balaban J connectivity index is 2.40. The standard InChI is InChI=1S/C11H18N4/c1-3-7-15(9-5-12)8-4-11-13-6-10-14(11)2/h6,10H,3-4,7-9H2,1-2H3. The maximum absolute atomic E-state index is 8.66. The molecule has 4 nitrogen and oxygen atoms in total. The second-order valence-electron chi connectivity index (χ2n) is 3.64. The van der Waals surface area contributed by atoms with Crippen molar-refractivity contribution in [1.29, 1.82) is 5.26 Å². The van der Waals surface area contributed by atoms with Gasteiger partial charge in [-0.25, -0.2) is 4.98 Å². The molecule has 1 aromatic heterocycles. The van der Waals surface area contributed by atoms with E-state index in [1.807, 2.05) is 24.0 Å². The molecule has 0 amide bonds. The van der Waals surface area contributed by atoms with E-state index in [1.165, 1.54) is 0 Å². The third-order valence-corrected chi connectivity index (χ3v) is 2.41. The van der Waals surface area contributed by atoms with Crippen LogP contribution in [0.4, 0.5) is 0 Å². The maximum Gasteiger partial charge on any atom is 0.109 e. The van der Waals surface area contributed by atoms with Crippen molar-refractivity contribution in [1.82, 2.24) is 14.5 Å². The zero-order valence-electron chi connectivity index (χ0n) is 9.48. The smallest absolute Gasteiger partial charge is 0.109 e. The molecule has 82 valence electrons. The summed E-state index contributed by atoms with van der Waals surface area (Å²) in [5.74, 6) is 1.08. The number of aryl methyl sites for hydroxylation is 1. The number of aromatic nitrogens is 2. The average Bonchev–Trinajstić information content (AvgIpc) is 2.61. The van der Waals surface area contributed by atoms with E-state index < -0.39 is 0 Å². The Morgan fingerprint density at radius 3 is 2.87 bits per heavy atom. The molecule has 4 heteroatoms. The molecule has 0 spiro atoms. The molecule has 0 atom stereocenters. The van der Waals surface area contributed by atoms with Crippen molar-refractivity contribution in [3.63, 3.8) is 0 Å². The molecular formula is C11H18N4. The first-order chi connectivity index (χ1) is 7.27. The highest BCUT2D eigenvalue weighted by Gasteiger charge is 2.05. The molecule has 0 fully saturated rings. The fraction of sp³-hybridized carbons (Fsp3) is 0.636. The zero-order valence-corrected chi connectivity index (χ0v) is 9.48. The van der Waals surface area contributed by atoms with Crippen molar-refractivity contribution < 1.29 is 0 Å². The predicted molar refractivity (Wildman–Crippen MR) is 59.3 cm³/mol. The summed E-state index contributed by atoms with van der Waals surface area (Å²) in [5, 5.41) is 8.66. The van der Waals surface area contributed by atoms with Crippen molar-refractivity contribution in [3.8, 4) is 6.07 Å². The molecule has 0 N–H and O–H groups in total.